The van der Waals surface area contributed by atoms with E-state index in [2.05, 4.69) is 5.32 Å². The zero-order valence-electron chi connectivity index (χ0n) is 18.7. The first kappa shape index (κ1) is 21.2. The first-order chi connectivity index (χ1) is 16.9. The van der Waals surface area contributed by atoms with Gasteiger partial charge in [-0.1, -0.05) is 48.5 Å². The lowest BCUT2D eigenvalue weighted by atomic mass is 9.76. The molecule has 1 spiro atoms. The number of anilines is 2. The third-order valence-electron chi connectivity index (χ3n) is 7.50. The van der Waals surface area contributed by atoms with Crippen molar-refractivity contribution in [3.63, 3.8) is 0 Å². The number of carbonyl (C=O) groups excluding carboxylic acids is 4. The number of nitrogens with two attached hydrogens (primary N) is 2. The highest BCUT2D eigenvalue weighted by Crippen LogP contribution is 2.50. The smallest absolute Gasteiger partial charge is 0.291 e. The largest absolute Gasteiger partial charge is 0.366 e. The van der Waals surface area contributed by atoms with Crippen molar-refractivity contribution >= 4 is 35.0 Å². The highest BCUT2D eigenvalue weighted by molar-refractivity contribution is 6.25. The van der Waals surface area contributed by atoms with Gasteiger partial charge in [-0.25, -0.2) is 4.90 Å². The molecule has 0 radical (unpaired) electrons. The Balaban J connectivity index is 1.47. The van der Waals surface area contributed by atoms with Crippen LogP contribution in [0, 0.1) is 11.8 Å². The number of primary amides is 1. The molecule has 3 aliphatic rings. The zero-order valence-corrected chi connectivity index (χ0v) is 18.7. The van der Waals surface area contributed by atoms with Crippen molar-refractivity contribution in [3.8, 4) is 0 Å². The number of para-hydroxylation sites is 1. The Morgan fingerprint density at radius 2 is 1.60 bits per heavy atom. The predicted molar refractivity (Wildman–Crippen MR) is 127 cm³/mol. The van der Waals surface area contributed by atoms with Gasteiger partial charge in [0.15, 0.2) is 0 Å². The molecule has 5 N–H and O–H groups in total. The van der Waals surface area contributed by atoms with Crippen molar-refractivity contribution in [1.29, 1.82) is 0 Å². The molecule has 2 saturated heterocycles. The van der Waals surface area contributed by atoms with Crippen LogP contribution in [0.2, 0.25) is 0 Å². The normalized spacial score (nSPS) is 26.7. The van der Waals surface area contributed by atoms with Crippen LogP contribution in [0.3, 0.4) is 0 Å². The van der Waals surface area contributed by atoms with E-state index in [1.54, 1.807) is 12.1 Å². The number of nitrogens with one attached hydrogen (secondary N) is 1. The average molecular weight is 468 g/mol. The molecular formula is C27H23N4O4+. The molecule has 4 amide bonds. The number of nitrogens with zero attached hydrogens (tertiary/aromatic N) is 1. The van der Waals surface area contributed by atoms with Crippen molar-refractivity contribution in [2.45, 2.75) is 18.0 Å². The van der Waals surface area contributed by atoms with E-state index < -0.39 is 29.2 Å². The quantitative estimate of drug-likeness (QED) is 0.494. The van der Waals surface area contributed by atoms with Crippen LogP contribution < -0.4 is 21.3 Å². The van der Waals surface area contributed by atoms with Gasteiger partial charge < -0.3 is 16.4 Å². The van der Waals surface area contributed by atoms with Gasteiger partial charge in [-0.2, -0.15) is 0 Å². The second-order valence-electron chi connectivity index (χ2n) is 9.32. The first-order valence-corrected chi connectivity index (χ1v) is 11.5. The third kappa shape index (κ3) is 2.96. The summed E-state index contributed by atoms with van der Waals surface area (Å²) in [5.41, 5.74) is 7.17. The molecule has 0 aliphatic carbocycles. The maximum Gasteiger partial charge on any atom is 0.291 e. The molecule has 3 aromatic rings. The molecule has 0 saturated carbocycles. The second kappa shape index (κ2) is 7.61. The minimum absolute atomic E-state index is 0.281. The van der Waals surface area contributed by atoms with Gasteiger partial charge in [0, 0.05) is 17.5 Å². The van der Waals surface area contributed by atoms with Crippen LogP contribution in [-0.2, 0) is 26.3 Å². The summed E-state index contributed by atoms with van der Waals surface area (Å²) in [4.78, 5) is 54.0. The Kier molecular flexibility index (Phi) is 4.62. The molecule has 2 fully saturated rings. The molecule has 4 atom stereocenters. The minimum atomic E-state index is -1.23. The molecule has 3 aliphatic heterocycles. The molecule has 0 aromatic heterocycles. The summed E-state index contributed by atoms with van der Waals surface area (Å²) in [6.07, 6.45) is 0.534. The number of hydrogen-bond acceptors (Lipinski definition) is 4. The van der Waals surface area contributed by atoms with Gasteiger partial charge in [0.1, 0.15) is 17.9 Å². The number of benzene rings is 3. The Morgan fingerprint density at radius 3 is 2.31 bits per heavy atom. The first-order valence-electron chi connectivity index (χ1n) is 11.5. The number of hydrogen-bond donors (Lipinski definition) is 3. The van der Waals surface area contributed by atoms with Gasteiger partial charge in [0.05, 0.1) is 11.4 Å². The van der Waals surface area contributed by atoms with Gasteiger partial charge >= 0.3 is 0 Å². The van der Waals surface area contributed by atoms with Crippen molar-refractivity contribution in [2.24, 2.45) is 17.6 Å². The summed E-state index contributed by atoms with van der Waals surface area (Å²) in [5.74, 6) is -3.17. The van der Waals surface area contributed by atoms with Crippen LogP contribution in [0.1, 0.15) is 21.5 Å². The summed E-state index contributed by atoms with van der Waals surface area (Å²) in [6.45, 7) is 0. The van der Waals surface area contributed by atoms with E-state index in [1.807, 2.05) is 59.9 Å². The number of carbonyl (C=O) groups is 4. The molecular weight excluding hydrogens is 444 g/mol. The maximum atomic E-state index is 13.9. The molecule has 174 valence electrons. The Hall–Kier alpha value is -4.30. The van der Waals surface area contributed by atoms with E-state index in [0.29, 0.717) is 17.8 Å². The Morgan fingerprint density at radius 1 is 0.914 bits per heavy atom. The predicted octanol–water partition coefficient (Wildman–Crippen LogP) is 0.927. The fourth-order valence-corrected chi connectivity index (χ4v) is 6.02. The van der Waals surface area contributed by atoms with E-state index >= 15 is 0 Å². The van der Waals surface area contributed by atoms with Gasteiger partial charge in [-0.3, -0.25) is 19.2 Å². The SMILES string of the molecule is NC(=O)c1ccc(N2C(=O)[C@@H]3[C@@H](Cc4ccccc4)[NH2+][C@]4(C(=O)Nc5ccccc54)[C@H]3C2=O)cc1. The molecule has 0 bridgehead atoms. The van der Waals surface area contributed by atoms with E-state index in [4.69, 9.17) is 5.73 Å². The lowest BCUT2D eigenvalue weighted by Gasteiger charge is -2.26. The van der Waals surface area contributed by atoms with Gasteiger partial charge in [0.2, 0.25) is 23.3 Å². The topological polar surface area (TPSA) is 126 Å². The number of amides is 4. The van der Waals surface area contributed by atoms with Gasteiger partial charge in [0.25, 0.3) is 5.91 Å². The molecule has 35 heavy (non-hydrogen) atoms. The summed E-state index contributed by atoms with van der Waals surface area (Å²) in [7, 11) is 0. The highest BCUT2D eigenvalue weighted by atomic mass is 16.2. The number of quaternary nitrogens is 1. The highest BCUT2D eigenvalue weighted by Gasteiger charge is 2.74. The zero-order chi connectivity index (χ0) is 24.3. The van der Waals surface area contributed by atoms with E-state index in [1.165, 1.54) is 17.0 Å². The van der Waals surface area contributed by atoms with Gasteiger partial charge in [-0.05, 0) is 35.9 Å². The molecule has 3 aromatic carbocycles. The molecule has 8 nitrogen and oxygen atoms in total. The third-order valence-corrected chi connectivity index (χ3v) is 7.50. The lowest BCUT2D eigenvalue weighted by Crippen LogP contribution is -2.99. The van der Waals surface area contributed by atoms with Crippen LogP contribution >= 0.6 is 0 Å². The lowest BCUT2D eigenvalue weighted by molar-refractivity contribution is -0.733. The summed E-state index contributed by atoms with van der Waals surface area (Å²) >= 11 is 0. The fraction of sp³-hybridized carbons (Fsp3) is 0.185. The van der Waals surface area contributed by atoms with Crippen molar-refractivity contribution in [1.82, 2.24) is 0 Å². The summed E-state index contributed by atoms with van der Waals surface area (Å²) in [5, 5.41) is 4.86. The average Bonchev–Trinajstić information content (AvgIpc) is 3.44. The standard InChI is InChI=1S/C27H22N4O4/c28-23(32)16-10-12-17(13-11-16)31-24(33)21-20(14-15-6-2-1-3-7-15)30-27(22(21)25(31)34)18-8-4-5-9-19(18)29-26(27)35/h1-13,20-22,30H,14H2,(H2,28,32)(H,29,35)/p+1/t20-,21-,22-,27+/m1/s1. The van der Waals surface area contributed by atoms with Crippen molar-refractivity contribution < 1.29 is 24.5 Å². The van der Waals surface area contributed by atoms with Crippen LogP contribution in [0.4, 0.5) is 11.4 Å². The summed E-state index contributed by atoms with van der Waals surface area (Å²) in [6, 6.07) is 22.9. The Labute approximate surface area is 201 Å². The maximum absolute atomic E-state index is 13.9. The van der Waals surface area contributed by atoms with Gasteiger partial charge in [-0.15, -0.1) is 0 Å². The number of fused-ring (bicyclic) bond motifs is 4. The Bertz CT molecular complexity index is 1390. The summed E-state index contributed by atoms with van der Waals surface area (Å²) < 4.78 is 0. The van der Waals surface area contributed by atoms with Crippen LogP contribution in [0.15, 0.2) is 78.9 Å². The molecule has 3 heterocycles. The van der Waals surface area contributed by atoms with E-state index in [9.17, 15) is 19.2 Å². The molecule has 6 rings (SSSR count). The number of rotatable bonds is 4. The number of imide groups is 1. The van der Waals surface area contributed by atoms with Crippen LogP contribution in [0.5, 0.6) is 0 Å². The van der Waals surface area contributed by atoms with E-state index in [0.717, 1.165) is 11.1 Å². The molecule has 0 unspecified atom stereocenters. The monoisotopic (exact) mass is 467 g/mol. The molecule has 8 heteroatoms. The second-order valence-corrected chi connectivity index (χ2v) is 9.32. The van der Waals surface area contributed by atoms with Crippen molar-refractivity contribution in [2.75, 3.05) is 10.2 Å². The minimum Gasteiger partial charge on any atom is -0.366 e. The van der Waals surface area contributed by atoms with E-state index in [-0.39, 0.29) is 23.4 Å². The van der Waals surface area contributed by atoms with Crippen LogP contribution in [0.25, 0.3) is 0 Å². The van der Waals surface area contributed by atoms with Crippen LogP contribution in [-0.4, -0.2) is 29.7 Å². The fourth-order valence-electron chi connectivity index (χ4n) is 6.02. The van der Waals surface area contributed by atoms with Crippen molar-refractivity contribution in [3.05, 3.63) is 95.6 Å².